The molecule has 0 atom stereocenters. The molecule has 0 aliphatic carbocycles. The Bertz CT molecular complexity index is 935. The fraction of sp³-hybridized carbons (Fsp3) is 0.158. The summed E-state index contributed by atoms with van der Waals surface area (Å²) in [5.74, 6) is -0.115. The number of nitro benzene ring substituents is 1. The molecule has 0 aliphatic rings. The molecule has 27 heavy (non-hydrogen) atoms. The van der Waals surface area contributed by atoms with Crippen LogP contribution >= 0.6 is 15.9 Å². The van der Waals surface area contributed by atoms with E-state index < -0.39 is 10.8 Å². The van der Waals surface area contributed by atoms with Crippen LogP contribution in [-0.4, -0.2) is 17.4 Å². The highest BCUT2D eigenvalue weighted by Crippen LogP contribution is 2.26. The Morgan fingerprint density at radius 2 is 2.15 bits per heavy atom. The third-order valence-corrected chi connectivity index (χ3v) is 3.91. The van der Waals surface area contributed by atoms with Gasteiger partial charge in [-0.05, 0) is 36.8 Å². The van der Waals surface area contributed by atoms with Crippen molar-refractivity contribution in [2.45, 2.75) is 13.3 Å². The average molecular weight is 430 g/mol. The lowest BCUT2D eigenvalue weighted by Gasteiger charge is -2.09. The van der Waals surface area contributed by atoms with Crippen molar-refractivity contribution in [2.24, 2.45) is 0 Å². The van der Waals surface area contributed by atoms with Gasteiger partial charge in [-0.15, -0.1) is 0 Å². The van der Waals surface area contributed by atoms with Crippen LogP contribution in [0.3, 0.4) is 0 Å². The average Bonchev–Trinajstić information content (AvgIpc) is 2.65. The molecular formula is C19H16BrN3O4. The molecule has 7 nitrogen and oxygen atoms in total. The minimum absolute atomic E-state index is 0.152. The Kier molecular flexibility index (Phi) is 7.08. The molecule has 0 unspecified atom stereocenters. The van der Waals surface area contributed by atoms with E-state index in [1.165, 1.54) is 30.3 Å². The van der Waals surface area contributed by atoms with Gasteiger partial charge in [0, 0.05) is 27.9 Å². The zero-order valence-electron chi connectivity index (χ0n) is 14.4. The summed E-state index contributed by atoms with van der Waals surface area (Å²) >= 11 is 3.36. The van der Waals surface area contributed by atoms with Crippen molar-refractivity contribution < 1.29 is 14.5 Å². The first kappa shape index (κ1) is 20.1. The van der Waals surface area contributed by atoms with Gasteiger partial charge in [0.05, 0.1) is 11.5 Å². The number of amides is 1. The van der Waals surface area contributed by atoms with Crippen molar-refractivity contribution in [1.29, 1.82) is 5.26 Å². The highest BCUT2D eigenvalue weighted by molar-refractivity contribution is 9.10. The molecule has 2 rings (SSSR count). The van der Waals surface area contributed by atoms with Crippen molar-refractivity contribution in [3.8, 4) is 11.8 Å². The normalized spacial score (nSPS) is 10.8. The second-order valence-electron chi connectivity index (χ2n) is 5.46. The number of nitriles is 1. The van der Waals surface area contributed by atoms with Gasteiger partial charge in [-0.25, -0.2) is 0 Å². The first-order valence-corrected chi connectivity index (χ1v) is 8.84. The Morgan fingerprint density at radius 3 is 2.81 bits per heavy atom. The molecule has 0 heterocycles. The first-order chi connectivity index (χ1) is 12.9. The number of carbonyl (C=O) groups excluding carboxylic acids is 1. The van der Waals surface area contributed by atoms with Gasteiger partial charge in [0.25, 0.3) is 11.6 Å². The molecule has 0 spiro atoms. The van der Waals surface area contributed by atoms with Crippen molar-refractivity contribution in [2.75, 3.05) is 11.9 Å². The minimum Gasteiger partial charge on any atom is -0.493 e. The molecule has 0 fully saturated rings. The van der Waals surface area contributed by atoms with Gasteiger partial charge >= 0.3 is 0 Å². The second-order valence-corrected chi connectivity index (χ2v) is 6.38. The number of halogens is 1. The van der Waals surface area contributed by atoms with E-state index in [-0.39, 0.29) is 16.9 Å². The van der Waals surface area contributed by atoms with E-state index in [1.54, 1.807) is 18.2 Å². The number of carbonyl (C=O) groups is 1. The van der Waals surface area contributed by atoms with Crippen molar-refractivity contribution >= 4 is 39.3 Å². The predicted molar refractivity (Wildman–Crippen MR) is 105 cm³/mol. The predicted octanol–water partition coefficient (Wildman–Crippen LogP) is 4.69. The molecule has 1 amide bonds. The van der Waals surface area contributed by atoms with Crippen LogP contribution < -0.4 is 10.1 Å². The molecule has 0 saturated heterocycles. The van der Waals surface area contributed by atoms with Crippen LogP contribution in [0.5, 0.6) is 5.75 Å². The molecule has 8 heteroatoms. The van der Waals surface area contributed by atoms with Crippen molar-refractivity contribution in [3.63, 3.8) is 0 Å². The smallest absolute Gasteiger partial charge is 0.271 e. The Balaban J connectivity index is 2.29. The van der Waals surface area contributed by atoms with E-state index in [0.717, 1.165) is 10.9 Å². The zero-order chi connectivity index (χ0) is 19.8. The number of hydrogen-bond donors (Lipinski definition) is 1. The van der Waals surface area contributed by atoms with Gasteiger partial charge in [-0.1, -0.05) is 28.9 Å². The van der Waals surface area contributed by atoms with E-state index in [4.69, 9.17) is 4.74 Å². The number of rotatable bonds is 7. The number of hydrogen-bond acceptors (Lipinski definition) is 5. The molecule has 2 aromatic carbocycles. The van der Waals surface area contributed by atoms with Crippen LogP contribution in [0, 0.1) is 21.4 Å². The van der Waals surface area contributed by atoms with Crippen molar-refractivity contribution in [3.05, 3.63) is 68.2 Å². The van der Waals surface area contributed by atoms with Crippen LogP contribution in [0.4, 0.5) is 11.4 Å². The molecular weight excluding hydrogens is 414 g/mol. The summed E-state index contributed by atoms with van der Waals surface area (Å²) < 4.78 is 6.42. The summed E-state index contributed by atoms with van der Waals surface area (Å²) in [6.07, 6.45) is 2.24. The Labute approximate surface area is 164 Å². The molecule has 138 valence electrons. The summed E-state index contributed by atoms with van der Waals surface area (Å²) in [5, 5.41) is 22.7. The van der Waals surface area contributed by atoms with Crippen molar-refractivity contribution in [1.82, 2.24) is 0 Å². The maximum atomic E-state index is 12.4. The summed E-state index contributed by atoms with van der Waals surface area (Å²) in [6, 6.07) is 12.6. The number of anilines is 1. The van der Waals surface area contributed by atoms with E-state index in [9.17, 15) is 20.2 Å². The van der Waals surface area contributed by atoms with E-state index in [2.05, 4.69) is 21.2 Å². The quantitative estimate of drug-likeness (QED) is 0.297. The van der Waals surface area contributed by atoms with Gasteiger partial charge in [-0.3, -0.25) is 14.9 Å². The standard InChI is InChI=1S/C19H16BrN3O4/c1-2-8-27-18-7-6-15(20)10-13(18)9-14(12-21)19(24)22-16-4-3-5-17(11-16)23(25)26/h3-7,9-11H,2,8H2,1H3,(H,22,24)/b14-9+. The van der Waals surface area contributed by atoms with Crippen LogP contribution in [-0.2, 0) is 4.79 Å². The summed E-state index contributed by atoms with van der Waals surface area (Å²) in [7, 11) is 0. The van der Waals surface area contributed by atoms with Gasteiger partial charge in [0.2, 0.25) is 0 Å². The fourth-order valence-corrected chi connectivity index (χ4v) is 2.55. The number of benzene rings is 2. The minimum atomic E-state index is -0.667. The second kappa shape index (κ2) is 9.50. The maximum Gasteiger partial charge on any atom is 0.271 e. The van der Waals surface area contributed by atoms with Gasteiger partial charge in [0.15, 0.2) is 0 Å². The van der Waals surface area contributed by atoms with E-state index in [1.807, 2.05) is 13.0 Å². The molecule has 0 aromatic heterocycles. The number of nitrogens with zero attached hydrogens (tertiary/aromatic N) is 2. The topological polar surface area (TPSA) is 105 Å². The fourth-order valence-electron chi connectivity index (χ4n) is 2.18. The largest absolute Gasteiger partial charge is 0.493 e. The lowest BCUT2D eigenvalue weighted by atomic mass is 10.1. The van der Waals surface area contributed by atoms with Crippen LogP contribution in [0.1, 0.15) is 18.9 Å². The highest BCUT2D eigenvalue weighted by atomic mass is 79.9. The molecule has 0 aliphatic heterocycles. The third-order valence-electron chi connectivity index (χ3n) is 3.41. The van der Waals surface area contributed by atoms with Crippen LogP contribution in [0.2, 0.25) is 0 Å². The Morgan fingerprint density at radius 1 is 1.37 bits per heavy atom. The summed E-state index contributed by atoms with van der Waals surface area (Å²) in [5.41, 5.74) is 0.495. The summed E-state index contributed by atoms with van der Waals surface area (Å²) in [4.78, 5) is 22.7. The maximum absolute atomic E-state index is 12.4. The van der Waals surface area contributed by atoms with Crippen LogP contribution in [0.15, 0.2) is 52.5 Å². The molecule has 0 bridgehead atoms. The lowest BCUT2D eigenvalue weighted by molar-refractivity contribution is -0.384. The number of ether oxygens (including phenoxy) is 1. The molecule has 2 aromatic rings. The van der Waals surface area contributed by atoms with Crippen LogP contribution in [0.25, 0.3) is 6.08 Å². The van der Waals surface area contributed by atoms with E-state index in [0.29, 0.717) is 17.9 Å². The van der Waals surface area contributed by atoms with Gasteiger partial charge in [0.1, 0.15) is 17.4 Å². The lowest BCUT2D eigenvalue weighted by Crippen LogP contribution is -2.13. The van der Waals surface area contributed by atoms with E-state index >= 15 is 0 Å². The molecule has 1 N–H and O–H groups in total. The van der Waals surface area contributed by atoms with Gasteiger partial charge in [-0.2, -0.15) is 5.26 Å². The number of non-ortho nitro benzene ring substituents is 1. The molecule has 0 saturated carbocycles. The summed E-state index contributed by atoms with van der Waals surface area (Å²) in [6.45, 7) is 2.48. The zero-order valence-corrected chi connectivity index (χ0v) is 16.0. The monoisotopic (exact) mass is 429 g/mol. The molecule has 0 radical (unpaired) electrons. The Hall–Kier alpha value is -3.18. The SMILES string of the molecule is CCCOc1ccc(Br)cc1/C=C(\C#N)C(=O)Nc1cccc([N+](=O)[O-])c1. The van der Waals surface area contributed by atoms with Gasteiger partial charge < -0.3 is 10.1 Å². The third kappa shape index (κ3) is 5.66. The number of nitro groups is 1. The first-order valence-electron chi connectivity index (χ1n) is 8.04. The number of nitrogens with one attached hydrogen (secondary N) is 1. The highest BCUT2D eigenvalue weighted by Gasteiger charge is 2.13.